The van der Waals surface area contributed by atoms with Crippen molar-refractivity contribution in [2.75, 3.05) is 24.5 Å². The number of pyridine rings is 1. The number of nitrogens with zero attached hydrogens (tertiary/aromatic N) is 2. The van der Waals surface area contributed by atoms with Crippen LogP contribution in [0.1, 0.15) is 12.8 Å². The van der Waals surface area contributed by atoms with Crippen LogP contribution >= 0.6 is 0 Å². The second kappa shape index (κ2) is 4.37. The van der Waals surface area contributed by atoms with Crippen molar-refractivity contribution in [3.05, 3.63) is 24.6 Å². The first kappa shape index (κ1) is 10.6. The molecule has 2 aromatic heterocycles. The number of nitrogens with two attached hydrogens (primary N) is 1. The summed E-state index contributed by atoms with van der Waals surface area (Å²) in [6.45, 7) is 2.91. The molecule has 4 nitrogen and oxygen atoms in total. The first-order valence-corrected chi connectivity index (χ1v) is 6.15. The number of anilines is 1. The zero-order valence-corrected chi connectivity index (χ0v) is 9.80. The van der Waals surface area contributed by atoms with Gasteiger partial charge in [-0.15, -0.1) is 0 Å². The van der Waals surface area contributed by atoms with Crippen molar-refractivity contribution < 1.29 is 4.42 Å². The maximum absolute atomic E-state index is 5.62. The maximum Gasteiger partial charge on any atom is 0.139 e. The van der Waals surface area contributed by atoms with E-state index < -0.39 is 0 Å². The van der Waals surface area contributed by atoms with Crippen molar-refractivity contribution in [3.63, 3.8) is 0 Å². The predicted molar refractivity (Wildman–Crippen MR) is 68.0 cm³/mol. The van der Waals surface area contributed by atoms with Gasteiger partial charge in [0.2, 0.25) is 0 Å². The molecule has 1 aliphatic rings. The van der Waals surface area contributed by atoms with Crippen LogP contribution in [-0.2, 0) is 0 Å². The van der Waals surface area contributed by atoms with Crippen LogP contribution in [0.5, 0.6) is 0 Å². The minimum Gasteiger partial charge on any atom is -0.464 e. The highest BCUT2D eigenvalue weighted by molar-refractivity contribution is 5.88. The van der Waals surface area contributed by atoms with Gasteiger partial charge in [-0.3, -0.25) is 0 Å². The summed E-state index contributed by atoms with van der Waals surface area (Å²) in [5.41, 5.74) is 6.53. The Kier molecular flexibility index (Phi) is 2.73. The lowest BCUT2D eigenvalue weighted by Crippen LogP contribution is -2.21. The van der Waals surface area contributed by atoms with E-state index >= 15 is 0 Å². The van der Waals surface area contributed by atoms with Gasteiger partial charge in [0.05, 0.1) is 11.6 Å². The van der Waals surface area contributed by atoms with E-state index in [9.17, 15) is 0 Å². The third kappa shape index (κ3) is 1.89. The summed E-state index contributed by atoms with van der Waals surface area (Å²) in [5, 5.41) is 1.11. The molecule has 1 saturated heterocycles. The van der Waals surface area contributed by atoms with Crippen molar-refractivity contribution in [2.24, 2.45) is 11.7 Å². The van der Waals surface area contributed by atoms with Gasteiger partial charge in [0.15, 0.2) is 0 Å². The maximum atomic E-state index is 5.62. The summed E-state index contributed by atoms with van der Waals surface area (Å²) in [6, 6.07) is 3.90. The Balaban J connectivity index is 1.87. The van der Waals surface area contributed by atoms with Crippen LogP contribution in [-0.4, -0.2) is 24.6 Å². The summed E-state index contributed by atoms with van der Waals surface area (Å²) in [5.74, 6) is 1.76. The van der Waals surface area contributed by atoms with Crippen molar-refractivity contribution >= 4 is 16.8 Å². The largest absolute Gasteiger partial charge is 0.464 e. The van der Waals surface area contributed by atoms with Crippen LogP contribution in [0.4, 0.5) is 5.82 Å². The molecule has 0 aliphatic carbocycles. The van der Waals surface area contributed by atoms with Gasteiger partial charge >= 0.3 is 0 Å². The van der Waals surface area contributed by atoms with E-state index in [-0.39, 0.29) is 0 Å². The number of hydrogen-bond donors (Lipinski definition) is 1. The predicted octanol–water partition coefficient (Wildman–Crippen LogP) is 2.00. The minimum atomic E-state index is 0.712. The molecule has 2 aromatic rings. The third-order valence-electron chi connectivity index (χ3n) is 3.52. The molecule has 3 heterocycles. The van der Waals surface area contributed by atoms with Crippen LogP contribution in [0.3, 0.4) is 0 Å². The van der Waals surface area contributed by atoms with Gasteiger partial charge in [-0.2, -0.15) is 0 Å². The SMILES string of the molecule is NCCC1CCN(c2nccc3occc23)C1. The molecule has 0 spiro atoms. The molecule has 1 unspecified atom stereocenters. The number of rotatable bonds is 3. The first-order chi connectivity index (χ1) is 8.38. The second-order valence-electron chi connectivity index (χ2n) is 4.65. The van der Waals surface area contributed by atoms with E-state index in [1.807, 2.05) is 18.3 Å². The lowest BCUT2D eigenvalue weighted by Gasteiger charge is -2.17. The Morgan fingerprint density at radius 1 is 1.47 bits per heavy atom. The van der Waals surface area contributed by atoms with Crippen LogP contribution in [0.25, 0.3) is 11.0 Å². The topological polar surface area (TPSA) is 55.3 Å². The number of fused-ring (bicyclic) bond motifs is 1. The fourth-order valence-corrected chi connectivity index (χ4v) is 2.63. The fraction of sp³-hybridized carbons (Fsp3) is 0.462. The van der Waals surface area contributed by atoms with Gasteiger partial charge in [-0.25, -0.2) is 4.98 Å². The summed E-state index contributed by atoms with van der Waals surface area (Å²) in [7, 11) is 0. The molecule has 1 fully saturated rings. The average molecular weight is 231 g/mol. The van der Waals surface area contributed by atoms with E-state index in [4.69, 9.17) is 10.2 Å². The third-order valence-corrected chi connectivity index (χ3v) is 3.52. The molecule has 0 radical (unpaired) electrons. The van der Waals surface area contributed by atoms with Crippen LogP contribution in [0.15, 0.2) is 29.0 Å². The number of furan rings is 1. The molecule has 0 amide bonds. The average Bonchev–Trinajstić information content (AvgIpc) is 2.96. The van der Waals surface area contributed by atoms with E-state index in [0.717, 1.165) is 42.8 Å². The Labute approximate surface area is 100 Å². The lowest BCUT2D eigenvalue weighted by atomic mass is 10.1. The summed E-state index contributed by atoms with van der Waals surface area (Å²) in [4.78, 5) is 6.84. The second-order valence-corrected chi connectivity index (χ2v) is 4.65. The van der Waals surface area contributed by atoms with E-state index in [1.54, 1.807) is 6.26 Å². The van der Waals surface area contributed by atoms with Crippen molar-refractivity contribution in [1.29, 1.82) is 0 Å². The quantitative estimate of drug-likeness (QED) is 0.877. The molecule has 3 rings (SSSR count). The molecule has 1 aliphatic heterocycles. The van der Waals surface area contributed by atoms with E-state index in [0.29, 0.717) is 5.92 Å². The molecule has 0 bridgehead atoms. The van der Waals surface area contributed by atoms with E-state index in [1.165, 1.54) is 6.42 Å². The van der Waals surface area contributed by atoms with Crippen molar-refractivity contribution in [3.8, 4) is 0 Å². The van der Waals surface area contributed by atoms with Gasteiger partial charge in [0.25, 0.3) is 0 Å². The first-order valence-electron chi connectivity index (χ1n) is 6.15. The van der Waals surface area contributed by atoms with Crippen LogP contribution < -0.4 is 10.6 Å². The Morgan fingerprint density at radius 3 is 3.29 bits per heavy atom. The smallest absolute Gasteiger partial charge is 0.139 e. The van der Waals surface area contributed by atoms with Gasteiger partial charge in [0.1, 0.15) is 11.4 Å². The molecule has 0 aromatic carbocycles. The molecule has 4 heteroatoms. The van der Waals surface area contributed by atoms with Gasteiger partial charge in [-0.05, 0) is 37.4 Å². The highest BCUT2D eigenvalue weighted by Crippen LogP contribution is 2.30. The molecule has 17 heavy (non-hydrogen) atoms. The van der Waals surface area contributed by atoms with Crippen LogP contribution in [0.2, 0.25) is 0 Å². The fourth-order valence-electron chi connectivity index (χ4n) is 2.63. The van der Waals surface area contributed by atoms with Gasteiger partial charge < -0.3 is 15.1 Å². The Hall–Kier alpha value is -1.55. The lowest BCUT2D eigenvalue weighted by molar-refractivity contribution is 0.546. The summed E-state index contributed by atoms with van der Waals surface area (Å²) < 4.78 is 5.41. The van der Waals surface area contributed by atoms with Gasteiger partial charge in [-0.1, -0.05) is 0 Å². The number of hydrogen-bond acceptors (Lipinski definition) is 4. The molecule has 0 saturated carbocycles. The highest BCUT2D eigenvalue weighted by Gasteiger charge is 2.24. The van der Waals surface area contributed by atoms with Crippen LogP contribution in [0, 0.1) is 5.92 Å². The monoisotopic (exact) mass is 231 g/mol. The minimum absolute atomic E-state index is 0.712. The number of aromatic nitrogens is 1. The Bertz CT molecular complexity index is 508. The summed E-state index contributed by atoms with van der Waals surface area (Å²) >= 11 is 0. The zero-order chi connectivity index (χ0) is 11.7. The molecular formula is C13H17N3O. The van der Waals surface area contributed by atoms with Gasteiger partial charge in [0, 0.05) is 19.3 Å². The highest BCUT2D eigenvalue weighted by atomic mass is 16.3. The summed E-state index contributed by atoms with van der Waals surface area (Å²) in [6.07, 6.45) is 5.87. The molecular weight excluding hydrogens is 214 g/mol. The standard InChI is InChI=1S/C13H17N3O/c14-5-1-10-3-7-16(9-10)13-11-4-8-17-12(11)2-6-15-13/h2,4,6,8,10H,1,3,5,7,9,14H2. The zero-order valence-electron chi connectivity index (χ0n) is 9.80. The van der Waals surface area contributed by atoms with E-state index in [2.05, 4.69) is 9.88 Å². The Morgan fingerprint density at radius 2 is 2.41 bits per heavy atom. The normalized spacial score (nSPS) is 20.3. The molecule has 2 N–H and O–H groups in total. The van der Waals surface area contributed by atoms with Crippen molar-refractivity contribution in [2.45, 2.75) is 12.8 Å². The molecule has 90 valence electrons. The molecule has 1 atom stereocenters. The van der Waals surface area contributed by atoms with Crippen molar-refractivity contribution in [1.82, 2.24) is 4.98 Å².